The van der Waals surface area contributed by atoms with Crippen molar-refractivity contribution in [3.63, 3.8) is 0 Å². The Morgan fingerprint density at radius 3 is 2.67 bits per heavy atom. The van der Waals surface area contributed by atoms with Gasteiger partial charge in [0.2, 0.25) is 0 Å². The highest BCUT2D eigenvalue weighted by molar-refractivity contribution is 5.43. The summed E-state index contributed by atoms with van der Waals surface area (Å²) in [7, 11) is 1.54. The molecule has 84 valence electrons. The van der Waals surface area contributed by atoms with Crippen LogP contribution in [0.2, 0.25) is 0 Å². The molecule has 0 saturated carbocycles. The number of benzene rings is 1. The average Bonchev–Trinajstić information content (AvgIpc) is 2.25. The summed E-state index contributed by atoms with van der Waals surface area (Å²) >= 11 is 0. The van der Waals surface area contributed by atoms with Crippen molar-refractivity contribution in [2.24, 2.45) is 5.73 Å². The predicted octanol–water partition coefficient (Wildman–Crippen LogP) is 2.06. The molecular weight excluding hydrogens is 197 g/mol. The van der Waals surface area contributed by atoms with Gasteiger partial charge in [-0.05, 0) is 24.6 Å². The molecule has 1 aromatic carbocycles. The fourth-order valence-corrected chi connectivity index (χ4v) is 1.24. The zero-order chi connectivity index (χ0) is 11.3. The maximum absolute atomic E-state index is 11.9. The van der Waals surface area contributed by atoms with Gasteiger partial charge < -0.3 is 15.2 Å². The summed E-state index contributed by atoms with van der Waals surface area (Å²) in [5, 5.41) is 0. The summed E-state index contributed by atoms with van der Waals surface area (Å²) in [5.74, 6) is 1.12. The van der Waals surface area contributed by atoms with E-state index >= 15 is 0 Å². The Hall–Kier alpha value is -1.29. The van der Waals surface area contributed by atoms with Gasteiger partial charge in [0.15, 0.2) is 11.5 Å². The van der Waals surface area contributed by atoms with E-state index in [2.05, 4.69) is 0 Å². The number of alkyl halides is 1. The Bertz CT molecular complexity index is 315. The highest BCUT2D eigenvalue weighted by Crippen LogP contribution is 2.29. The van der Waals surface area contributed by atoms with Crippen LogP contribution < -0.4 is 15.2 Å². The molecule has 0 spiro atoms. The fourth-order valence-electron chi connectivity index (χ4n) is 1.24. The zero-order valence-corrected chi connectivity index (χ0v) is 9.00. The monoisotopic (exact) mass is 213 g/mol. The molecule has 0 amide bonds. The minimum absolute atomic E-state index is 0.0356. The lowest BCUT2D eigenvalue weighted by atomic mass is 10.1. The first kappa shape index (κ1) is 11.8. The molecule has 0 unspecified atom stereocenters. The van der Waals surface area contributed by atoms with Crippen LogP contribution >= 0.6 is 0 Å². The Labute approximate surface area is 89.0 Å². The summed E-state index contributed by atoms with van der Waals surface area (Å²) in [4.78, 5) is 0. The molecule has 0 aromatic heterocycles. The zero-order valence-electron chi connectivity index (χ0n) is 9.00. The van der Waals surface area contributed by atoms with Gasteiger partial charge in [-0.1, -0.05) is 6.07 Å². The molecule has 0 saturated heterocycles. The predicted molar refractivity (Wildman–Crippen MR) is 57.1 cm³/mol. The van der Waals surface area contributed by atoms with Gasteiger partial charge in [-0.3, -0.25) is 0 Å². The second-order valence-electron chi connectivity index (χ2n) is 3.24. The largest absolute Gasteiger partial charge is 0.493 e. The van der Waals surface area contributed by atoms with Gasteiger partial charge in [0.25, 0.3) is 0 Å². The van der Waals surface area contributed by atoms with Crippen molar-refractivity contribution in [1.82, 2.24) is 0 Å². The Morgan fingerprint density at radius 1 is 1.40 bits per heavy atom. The molecule has 1 aromatic rings. The normalized spacial score (nSPS) is 12.3. The van der Waals surface area contributed by atoms with E-state index in [0.717, 1.165) is 5.56 Å². The summed E-state index contributed by atoms with van der Waals surface area (Å²) in [6, 6.07) is 5.33. The van der Waals surface area contributed by atoms with E-state index in [9.17, 15) is 4.39 Å². The van der Waals surface area contributed by atoms with E-state index < -0.39 is 6.67 Å². The van der Waals surface area contributed by atoms with Crippen molar-refractivity contribution in [3.8, 4) is 11.5 Å². The van der Waals surface area contributed by atoms with Crippen molar-refractivity contribution < 1.29 is 13.9 Å². The summed E-state index contributed by atoms with van der Waals surface area (Å²) < 4.78 is 22.2. The Morgan fingerprint density at radius 2 is 2.13 bits per heavy atom. The molecule has 0 aliphatic rings. The fraction of sp³-hybridized carbons (Fsp3) is 0.455. The van der Waals surface area contributed by atoms with Crippen LogP contribution in [-0.2, 0) is 0 Å². The molecule has 0 aliphatic carbocycles. The molecule has 1 rings (SSSR count). The number of hydrogen-bond acceptors (Lipinski definition) is 3. The summed E-state index contributed by atoms with van der Waals surface area (Å²) in [6.07, 6.45) is 0. The van der Waals surface area contributed by atoms with Crippen LogP contribution in [0.5, 0.6) is 11.5 Å². The SMILES string of the molecule is COc1cc([C@@H](C)N)ccc1OCCF. The van der Waals surface area contributed by atoms with E-state index in [0.29, 0.717) is 11.5 Å². The van der Waals surface area contributed by atoms with Crippen molar-refractivity contribution in [3.05, 3.63) is 23.8 Å². The van der Waals surface area contributed by atoms with Gasteiger partial charge in [0.1, 0.15) is 13.3 Å². The first-order valence-electron chi connectivity index (χ1n) is 4.81. The number of rotatable bonds is 5. The Kier molecular flexibility index (Phi) is 4.37. The maximum atomic E-state index is 11.9. The van der Waals surface area contributed by atoms with E-state index in [1.54, 1.807) is 19.2 Å². The quantitative estimate of drug-likeness (QED) is 0.814. The van der Waals surface area contributed by atoms with Crippen LogP contribution in [0.15, 0.2) is 18.2 Å². The van der Waals surface area contributed by atoms with Gasteiger partial charge in [-0.2, -0.15) is 0 Å². The number of hydrogen-bond donors (Lipinski definition) is 1. The summed E-state index contributed by atoms with van der Waals surface area (Å²) in [6.45, 7) is 1.41. The summed E-state index contributed by atoms with van der Waals surface area (Å²) in [5.41, 5.74) is 6.69. The standard InChI is InChI=1S/C11H16FNO2/c1-8(13)9-3-4-10(15-6-5-12)11(7-9)14-2/h3-4,7-8H,5-6,13H2,1-2H3/t8-/m1/s1. The molecule has 0 aliphatic heterocycles. The highest BCUT2D eigenvalue weighted by Gasteiger charge is 2.07. The average molecular weight is 213 g/mol. The molecule has 1 atom stereocenters. The van der Waals surface area contributed by atoms with E-state index in [4.69, 9.17) is 15.2 Å². The topological polar surface area (TPSA) is 44.5 Å². The van der Waals surface area contributed by atoms with Crippen molar-refractivity contribution >= 4 is 0 Å². The lowest BCUT2D eigenvalue weighted by Gasteiger charge is -2.12. The van der Waals surface area contributed by atoms with Crippen molar-refractivity contribution in [2.75, 3.05) is 20.4 Å². The number of nitrogens with two attached hydrogens (primary N) is 1. The van der Waals surface area contributed by atoms with Crippen LogP contribution in [0.25, 0.3) is 0 Å². The minimum atomic E-state index is -0.516. The minimum Gasteiger partial charge on any atom is -0.493 e. The van der Waals surface area contributed by atoms with E-state index in [1.807, 2.05) is 13.0 Å². The van der Waals surface area contributed by atoms with Crippen molar-refractivity contribution in [1.29, 1.82) is 0 Å². The molecule has 3 nitrogen and oxygen atoms in total. The molecule has 15 heavy (non-hydrogen) atoms. The number of methoxy groups -OCH3 is 1. The third-order valence-electron chi connectivity index (χ3n) is 2.05. The number of ether oxygens (including phenoxy) is 2. The van der Waals surface area contributed by atoms with Crippen molar-refractivity contribution in [2.45, 2.75) is 13.0 Å². The second kappa shape index (κ2) is 5.56. The molecular formula is C11H16FNO2. The van der Waals surface area contributed by atoms with E-state index in [-0.39, 0.29) is 12.6 Å². The first-order chi connectivity index (χ1) is 7.19. The van der Waals surface area contributed by atoms with E-state index in [1.165, 1.54) is 0 Å². The third kappa shape index (κ3) is 3.09. The smallest absolute Gasteiger partial charge is 0.161 e. The third-order valence-corrected chi connectivity index (χ3v) is 2.05. The van der Waals surface area contributed by atoms with Crippen LogP contribution in [-0.4, -0.2) is 20.4 Å². The molecule has 2 N–H and O–H groups in total. The van der Waals surface area contributed by atoms with Crippen LogP contribution in [0, 0.1) is 0 Å². The van der Waals surface area contributed by atoms with Gasteiger partial charge in [-0.15, -0.1) is 0 Å². The second-order valence-corrected chi connectivity index (χ2v) is 3.24. The highest BCUT2D eigenvalue weighted by atomic mass is 19.1. The van der Waals surface area contributed by atoms with Crippen LogP contribution in [0.4, 0.5) is 4.39 Å². The van der Waals surface area contributed by atoms with Gasteiger partial charge in [0.05, 0.1) is 7.11 Å². The van der Waals surface area contributed by atoms with Crippen LogP contribution in [0.3, 0.4) is 0 Å². The lowest BCUT2D eigenvalue weighted by molar-refractivity contribution is 0.260. The molecule has 0 heterocycles. The first-order valence-corrected chi connectivity index (χ1v) is 4.81. The van der Waals surface area contributed by atoms with Crippen LogP contribution in [0.1, 0.15) is 18.5 Å². The molecule has 0 bridgehead atoms. The molecule has 0 fully saturated rings. The van der Waals surface area contributed by atoms with Gasteiger partial charge in [0, 0.05) is 6.04 Å². The molecule has 0 radical (unpaired) electrons. The maximum Gasteiger partial charge on any atom is 0.161 e. The lowest BCUT2D eigenvalue weighted by Crippen LogP contribution is -2.06. The molecule has 4 heteroatoms. The van der Waals surface area contributed by atoms with Gasteiger partial charge >= 0.3 is 0 Å². The van der Waals surface area contributed by atoms with Gasteiger partial charge in [-0.25, -0.2) is 4.39 Å². The Balaban J connectivity index is 2.88. The number of halogens is 1.